The van der Waals surface area contributed by atoms with Crippen LogP contribution in [-0.2, 0) is 20.9 Å². The van der Waals surface area contributed by atoms with Crippen molar-refractivity contribution in [2.24, 2.45) is 0 Å². The average Bonchev–Trinajstić information content (AvgIpc) is 2.80. The normalized spacial score (nSPS) is 16.0. The van der Waals surface area contributed by atoms with Gasteiger partial charge in [0.15, 0.2) is 0 Å². The van der Waals surface area contributed by atoms with Crippen LogP contribution in [0.15, 0.2) is 35.9 Å². The van der Waals surface area contributed by atoms with Crippen LogP contribution in [0.4, 0.5) is 0 Å². The quantitative estimate of drug-likeness (QED) is 0.752. The molecule has 0 aliphatic carbocycles. The van der Waals surface area contributed by atoms with Gasteiger partial charge in [-0.05, 0) is 25.5 Å². The van der Waals surface area contributed by atoms with Crippen LogP contribution in [0.3, 0.4) is 0 Å². The third-order valence-electron chi connectivity index (χ3n) is 2.47. The molecule has 1 aliphatic heterocycles. The lowest BCUT2D eigenvalue weighted by Gasteiger charge is -2.09. The summed E-state index contributed by atoms with van der Waals surface area (Å²) < 4.78 is 10.4. The molecule has 1 aliphatic rings. The Kier molecular flexibility index (Phi) is 10.2. The minimum absolute atomic E-state index is 0.297. The zero-order valence-electron chi connectivity index (χ0n) is 14.1. The fourth-order valence-corrected chi connectivity index (χ4v) is 1.45. The van der Waals surface area contributed by atoms with E-state index < -0.39 is 6.29 Å². The van der Waals surface area contributed by atoms with Gasteiger partial charge in [-0.15, -0.1) is 0 Å². The summed E-state index contributed by atoms with van der Waals surface area (Å²) in [6, 6.07) is 8.06. The Labute approximate surface area is 129 Å². The maximum absolute atomic E-state index is 11.1. The average molecular weight is 292 g/mol. The largest absolute Gasteiger partial charge is 0.429 e. The van der Waals surface area contributed by atoms with Gasteiger partial charge in [-0.1, -0.05) is 63.9 Å². The molecule has 1 unspecified atom stereocenters. The number of esters is 1. The van der Waals surface area contributed by atoms with Gasteiger partial charge >= 0.3 is 5.97 Å². The molecule has 1 aromatic carbocycles. The van der Waals surface area contributed by atoms with Crippen molar-refractivity contribution >= 4 is 5.97 Å². The standard InChI is InChI=1S/C13H14O3.C3H8.C2H6/c1-9-3-5-11(6-4-9)8-15-12-7-10(2)13(14)16-12;1-3-2;1-2/h3-7,12H,8H2,1-2H3;3H2,1-2H3;1-2H3. The maximum Gasteiger partial charge on any atom is 0.336 e. The van der Waals surface area contributed by atoms with Gasteiger partial charge in [-0.25, -0.2) is 4.79 Å². The molecule has 0 spiro atoms. The van der Waals surface area contributed by atoms with Gasteiger partial charge in [0.05, 0.1) is 6.61 Å². The molecular weight excluding hydrogens is 264 g/mol. The molecule has 0 radical (unpaired) electrons. The van der Waals surface area contributed by atoms with Crippen molar-refractivity contribution in [3.63, 3.8) is 0 Å². The molecule has 0 aromatic heterocycles. The smallest absolute Gasteiger partial charge is 0.336 e. The van der Waals surface area contributed by atoms with E-state index in [1.807, 2.05) is 45.0 Å². The fraction of sp³-hybridized carbons (Fsp3) is 0.500. The lowest BCUT2D eigenvalue weighted by atomic mass is 10.2. The second-order valence-electron chi connectivity index (χ2n) is 4.63. The monoisotopic (exact) mass is 292 g/mol. The Morgan fingerprint density at radius 2 is 1.62 bits per heavy atom. The minimum atomic E-state index is -0.534. The van der Waals surface area contributed by atoms with Crippen LogP contribution >= 0.6 is 0 Å². The van der Waals surface area contributed by atoms with E-state index in [2.05, 4.69) is 13.8 Å². The van der Waals surface area contributed by atoms with Gasteiger partial charge in [0.25, 0.3) is 0 Å². The molecule has 0 N–H and O–H groups in total. The molecule has 118 valence electrons. The Hall–Kier alpha value is -1.61. The first kappa shape index (κ1) is 19.4. The van der Waals surface area contributed by atoms with E-state index in [0.717, 1.165) is 5.56 Å². The van der Waals surface area contributed by atoms with Crippen molar-refractivity contribution in [3.05, 3.63) is 47.0 Å². The molecule has 1 aromatic rings. The number of hydrogen-bond donors (Lipinski definition) is 0. The topological polar surface area (TPSA) is 35.5 Å². The highest BCUT2D eigenvalue weighted by Gasteiger charge is 2.22. The first-order valence-corrected chi connectivity index (χ1v) is 7.63. The number of rotatable bonds is 3. The third kappa shape index (κ3) is 7.66. The van der Waals surface area contributed by atoms with E-state index in [1.54, 1.807) is 13.0 Å². The van der Waals surface area contributed by atoms with E-state index in [-0.39, 0.29) is 5.97 Å². The summed E-state index contributed by atoms with van der Waals surface area (Å²) in [6.45, 7) is 12.5. The molecule has 3 nitrogen and oxygen atoms in total. The van der Waals surface area contributed by atoms with Crippen molar-refractivity contribution in [1.29, 1.82) is 0 Å². The molecule has 0 saturated carbocycles. The van der Waals surface area contributed by atoms with Crippen molar-refractivity contribution in [2.75, 3.05) is 0 Å². The first-order chi connectivity index (χ1) is 10.1. The van der Waals surface area contributed by atoms with E-state index in [1.165, 1.54) is 12.0 Å². The van der Waals surface area contributed by atoms with Crippen LogP contribution < -0.4 is 0 Å². The minimum Gasteiger partial charge on any atom is -0.429 e. The van der Waals surface area contributed by atoms with Gasteiger partial charge in [0.2, 0.25) is 6.29 Å². The van der Waals surface area contributed by atoms with Crippen molar-refractivity contribution in [1.82, 2.24) is 0 Å². The van der Waals surface area contributed by atoms with Crippen molar-refractivity contribution in [3.8, 4) is 0 Å². The molecular formula is C18H28O3. The van der Waals surface area contributed by atoms with Gasteiger partial charge in [0, 0.05) is 5.57 Å². The molecule has 0 amide bonds. The lowest BCUT2D eigenvalue weighted by molar-refractivity contribution is -0.160. The summed E-state index contributed by atoms with van der Waals surface area (Å²) in [5.74, 6) is -0.297. The van der Waals surface area contributed by atoms with Crippen molar-refractivity contribution < 1.29 is 14.3 Å². The van der Waals surface area contributed by atoms with Crippen LogP contribution in [0.5, 0.6) is 0 Å². The van der Waals surface area contributed by atoms with Crippen LogP contribution in [0.1, 0.15) is 52.2 Å². The SMILES string of the molecule is CC.CC1=CC(OCc2ccc(C)cc2)OC1=O.CCC. The molecule has 1 heterocycles. The van der Waals surface area contributed by atoms with Gasteiger partial charge in [0.1, 0.15) is 0 Å². The Balaban J connectivity index is 0.000000713. The second kappa shape index (κ2) is 11.1. The molecule has 2 rings (SSSR count). The van der Waals surface area contributed by atoms with Gasteiger partial charge in [-0.2, -0.15) is 0 Å². The Morgan fingerprint density at radius 1 is 1.10 bits per heavy atom. The van der Waals surface area contributed by atoms with Crippen LogP contribution in [0, 0.1) is 6.92 Å². The second-order valence-corrected chi connectivity index (χ2v) is 4.63. The first-order valence-electron chi connectivity index (χ1n) is 7.63. The number of cyclic esters (lactones) is 1. The molecule has 0 bridgehead atoms. The number of ether oxygens (including phenoxy) is 2. The molecule has 21 heavy (non-hydrogen) atoms. The summed E-state index contributed by atoms with van der Waals surface area (Å²) in [7, 11) is 0. The highest BCUT2D eigenvalue weighted by atomic mass is 16.7. The number of carbonyl (C=O) groups excluding carboxylic acids is 1. The Morgan fingerprint density at radius 3 is 2.05 bits per heavy atom. The summed E-state index contributed by atoms with van der Waals surface area (Å²) in [5, 5.41) is 0. The van der Waals surface area contributed by atoms with Crippen molar-refractivity contribution in [2.45, 2.75) is 60.9 Å². The summed E-state index contributed by atoms with van der Waals surface area (Å²) in [5.41, 5.74) is 2.89. The summed E-state index contributed by atoms with van der Waals surface area (Å²) >= 11 is 0. The predicted octanol–water partition coefficient (Wildman–Crippen LogP) is 4.78. The molecule has 0 saturated heterocycles. The van der Waals surface area contributed by atoms with E-state index >= 15 is 0 Å². The van der Waals surface area contributed by atoms with Crippen LogP contribution in [-0.4, -0.2) is 12.3 Å². The number of aryl methyl sites for hydroxylation is 1. The van der Waals surface area contributed by atoms with E-state index in [0.29, 0.717) is 12.2 Å². The summed E-state index contributed by atoms with van der Waals surface area (Å²) in [6.07, 6.45) is 2.41. The summed E-state index contributed by atoms with van der Waals surface area (Å²) in [4.78, 5) is 11.1. The number of hydrogen-bond acceptors (Lipinski definition) is 3. The zero-order chi connectivity index (χ0) is 16.3. The lowest BCUT2D eigenvalue weighted by Crippen LogP contribution is -2.12. The van der Waals surface area contributed by atoms with Crippen LogP contribution in [0.2, 0.25) is 0 Å². The van der Waals surface area contributed by atoms with Crippen LogP contribution in [0.25, 0.3) is 0 Å². The predicted molar refractivity (Wildman–Crippen MR) is 86.9 cm³/mol. The van der Waals surface area contributed by atoms with Gasteiger partial charge < -0.3 is 9.47 Å². The molecule has 0 fully saturated rings. The number of carbonyl (C=O) groups is 1. The molecule has 1 atom stereocenters. The fourth-order valence-electron chi connectivity index (χ4n) is 1.45. The van der Waals surface area contributed by atoms with E-state index in [9.17, 15) is 4.79 Å². The third-order valence-corrected chi connectivity index (χ3v) is 2.47. The molecule has 3 heteroatoms. The zero-order valence-corrected chi connectivity index (χ0v) is 14.1. The highest BCUT2D eigenvalue weighted by molar-refractivity contribution is 5.89. The highest BCUT2D eigenvalue weighted by Crippen LogP contribution is 2.15. The van der Waals surface area contributed by atoms with E-state index in [4.69, 9.17) is 9.47 Å². The van der Waals surface area contributed by atoms with Gasteiger partial charge in [-0.3, -0.25) is 0 Å². The maximum atomic E-state index is 11.1. The Bertz CT molecular complexity index is 432. The number of benzene rings is 1.